The Balaban J connectivity index is 2.59. The van der Waals surface area contributed by atoms with Crippen LogP contribution in [0.2, 0.25) is 0 Å². The van der Waals surface area contributed by atoms with Crippen molar-refractivity contribution >= 4 is 5.78 Å². The van der Waals surface area contributed by atoms with Crippen molar-refractivity contribution in [2.75, 3.05) is 0 Å². The van der Waals surface area contributed by atoms with Gasteiger partial charge in [-0.3, -0.25) is 4.79 Å². The number of carbonyl (C=O) groups excluding carboxylic acids is 1. The molecular weight excluding hydrogens is 140 g/mol. The average molecular weight is 148 g/mol. The Morgan fingerprint density at radius 1 is 1.45 bits per heavy atom. The first-order valence-corrected chi connectivity index (χ1v) is 3.53. The third-order valence-electron chi connectivity index (χ3n) is 2.02. The molecule has 0 radical (unpaired) electrons. The largest absolute Gasteiger partial charge is 0.380 e. The molecule has 1 unspecified atom stereocenters. The van der Waals surface area contributed by atoms with Crippen molar-refractivity contribution in [1.82, 2.24) is 0 Å². The van der Waals surface area contributed by atoms with E-state index in [0.29, 0.717) is 5.56 Å². The molecule has 0 saturated heterocycles. The lowest BCUT2D eigenvalue weighted by molar-refractivity contribution is 0.0674. The Morgan fingerprint density at radius 3 is 2.91 bits per heavy atom. The van der Waals surface area contributed by atoms with Crippen molar-refractivity contribution in [3.05, 3.63) is 34.9 Å². The number of hydrogen-bond acceptors (Lipinski definition) is 2. The highest BCUT2D eigenvalue weighted by atomic mass is 16.3. The third kappa shape index (κ3) is 0.730. The molecule has 56 valence electrons. The molecule has 2 nitrogen and oxygen atoms in total. The predicted molar refractivity (Wildman–Crippen MR) is 40.5 cm³/mol. The fourth-order valence-corrected chi connectivity index (χ4v) is 1.34. The minimum absolute atomic E-state index is 0.153. The topological polar surface area (TPSA) is 37.3 Å². The average Bonchev–Trinajstić information content (AvgIpc) is 2.03. The Kier molecular flexibility index (Phi) is 1.14. The summed E-state index contributed by atoms with van der Waals surface area (Å²) in [7, 11) is 0. The molecule has 0 amide bonds. The van der Waals surface area contributed by atoms with Gasteiger partial charge in [0, 0.05) is 5.56 Å². The summed E-state index contributed by atoms with van der Waals surface area (Å²) in [6.45, 7) is 1.94. The van der Waals surface area contributed by atoms with Crippen LogP contribution in [0.25, 0.3) is 0 Å². The molecule has 2 heteroatoms. The molecule has 0 fully saturated rings. The van der Waals surface area contributed by atoms with Crippen LogP contribution in [0.1, 0.15) is 27.6 Å². The lowest BCUT2D eigenvalue weighted by Gasteiger charge is -2.23. The highest BCUT2D eigenvalue weighted by Gasteiger charge is 2.33. The summed E-state index contributed by atoms with van der Waals surface area (Å²) >= 11 is 0. The Morgan fingerprint density at radius 2 is 2.18 bits per heavy atom. The van der Waals surface area contributed by atoms with Gasteiger partial charge in [0.15, 0.2) is 5.78 Å². The minimum atomic E-state index is -0.857. The van der Waals surface area contributed by atoms with Crippen molar-refractivity contribution < 1.29 is 9.90 Å². The van der Waals surface area contributed by atoms with Crippen LogP contribution in [0.4, 0.5) is 0 Å². The summed E-state index contributed by atoms with van der Waals surface area (Å²) in [4.78, 5) is 10.9. The molecule has 1 N–H and O–H groups in total. The number of hydrogen-bond donors (Lipinski definition) is 1. The molecule has 0 aromatic heterocycles. The molecule has 0 heterocycles. The number of carbonyl (C=O) groups is 1. The Bertz CT molecular complexity index is 328. The molecule has 0 bridgehead atoms. The Hall–Kier alpha value is -1.15. The number of aryl methyl sites for hydroxylation is 1. The zero-order valence-corrected chi connectivity index (χ0v) is 6.16. The van der Waals surface area contributed by atoms with Crippen LogP contribution in [0.15, 0.2) is 18.2 Å². The fourth-order valence-electron chi connectivity index (χ4n) is 1.34. The van der Waals surface area contributed by atoms with Gasteiger partial charge in [-0.05, 0) is 12.5 Å². The molecule has 2 rings (SSSR count). The van der Waals surface area contributed by atoms with E-state index in [1.54, 1.807) is 6.07 Å². The van der Waals surface area contributed by atoms with Crippen LogP contribution in [-0.4, -0.2) is 10.9 Å². The summed E-state index contributed by atoms with van der Waals surface area (Å²) in [5, 5.41) is 9.14. The van der Waals surface area contributed by atoms with Crippen LogP contribution in [0.5, 0.6) is 0 Å². The van der Waals surface area contributed by atoms with Crippen molar-refractivity contribution in [3.63, 3.8) is 0 Å². The van der Waals surface area contributed by atoms with E-state index in [4.69, 9.17) is 5.11 Å². The zero-order chi connectivity index (χ0) is 8.01. The van der Waals surface area contributed by atoms with E-state index in [1.807, 2.05) is 19.1 Å². The van der Waals surface area contributed by atoms with Gasteiger partial charge in [0.05, 0.1) is 0 Å². The summed E-state index contributed by atoms with van der Waals surface area (Å²) in [6.07, 6.45) is -0.857. The van der Waals surface area contributed by atoms with E-state index in [-0.39, 0.29) is 5.78 Å². The fraction of sp³-hybridized carbons (Fsp3) is 0.222. The van der Waals surface area contributed by atoms with E-state index in [2.05, 4.69) is 0 Å². The van der Waals surface area contributed by atoms with Gasteiger partial charge in [-0.15, -0.1) is 0 Å². The standard InChI is InChI=1S/C9H8O2/c1-5-2-3-6-7(4-5)9(11)8(6)10/h2-4,9,11H,1H3. The monoisotopic (exact) mass is 148 g/mol. The van der Waals surface area contributed by atoms with Crippen LogP contribution in [0, 0.1) is 6.92 Å². The van der Waals surface area contributed by atoms with Gasteiger partial charge in [0.25, 0.3) is 0 Å². The molecule has 0 aliphatic heterocycles. The van der Waals surface area contributed by atoms with Crippen LogP contribution >= 0.6 is 0 Å². The molecule has 1 aliphatic carbocycles. The first-order chi connectivity index (χ1) is 5.20. The zero-order valence-electron chi connectivity index (χ0n) is 6.16. The van der Waals surface area contributed by atoms with Gasteiger partial charge < -0.3 is 5.11 Å². The van der Waals surface area contributed by atoms with Crippen molar-refractivity contribution in [1.29, 1.82) is 0 Å². The second-order valence-electron chi connectivity index (χ2n) is 2.86. The Labute approximate surface area is 64.5 Å². The number of Topliss-reactive ketones (excluding diaryl/α,β-unsaturated/α-hetero) is 1. The first-order valence-electron chi connectivity index (χ1n) is 3.53. The van der Waals surface area contributed by atoms with Gasteiger partial charge >= 0.3 is 0 Å². The van der Waals surface area contributed by atoms with Gasteiger partial charge in [0.2, 0.25) is 0 Å². The normalized spacial score (nSPS) is 20.9. The maximum atomic E-state index is 10.9. The second kappa shape index (κ2) is 1.92. The summed E-state index contributed by atoms with van der Waals surface area (Å²) in [5.41, 5.74) is 2.52. The van der Waals surface area contributed by atoms with Crippen molar-refractivity contribution in [3.8, 4) is 0 Å². The maximum absolute atomic E-state index is 10.9. The lowest BCUT2D eigenvalue weighted by atomic mass is 9.83. The SMILES string of the molecule is Cc1ccc2c(c1)C(O)C2=O. The number of benzene rings is 1. The molecule has 1 atom stereocenters. The second-order valence-corrected chi connectivity index (χ2v) is 2.86. The maximum Gasteiger partial charge on any atom is 0.196 e. The minimum Gasteiger partial charge on any atom is -0.380 e. The highest BCUT2D eigenvalue weighted by molar-refractivity contribution is 6.09. The molecule has 0 saturated carbocycles. The molecule has 1 aromatic rings. The van der Waals surface area contributed by atoms with Gasteiger partial charge in [-0.1, -0.05) is 23.8 Å². The lowest BCUT2D eigenvalue weighted by Crippen LogP contribution is -2.25. The van der Waals surface area contributed by atoms with E-state index in [9.17, 15) is 4.79 Å². The molecular formula is C9H8O2. The highest BCUT2D eigenvalue weighted by Crippen LogP contribution is 2.32. The number of ketones is 1. The summed E-state index contributed by atoms with van der Waals surface area (Å²) in [5.74, 6) is -0.153. The smallest absolute Gasteiger partial charge is 0.196 e. The molecule has 1 aromatic carbocycles. The van der Waals surface area contributed by atoms with Crippen LogP contribution < -0.4 is 0 Å². The van der Waals surface area contributed by atoms with Crippen molar-refractivity contribution in [2.24, 2.45) is 0 Å². The number of rotatable bonds is 0. The summed E-state index contributed by atoms with van der Waals surface area (Å²) in [6, 6.07) is 5.49. The molecule has 0 spiro atoms. The first kappa shape index (κ1) is 6.55. The van der Waals surface area contributed by atoms with Gasteiger partial charge in [-0.25, -0.2) is 0 Å². The van der Waals surface area contributed by atoms with E-state index in [1.165, 1.54) is 0 Å². The summed E-state index contributed by atoms with van der Waals surface area (Å²) < 4.78 is 0. The third-order valence-corrected chi connectivity index (χ3v) is 2.02. The number of fused-ring (bicyclic) bond motifs is 1. The van der Waals surface area contributed by atoms with E-state index in [0.717, 1.165) is 11.1 Å². The molecule has 11 heavy (non-hydrogen) atoms. The van der Waals surface area contributed by atoms with Crippen LogP contribution in [0.3, 0.4) is 0 Å². The predicted octanol–water partition coefficient (Wildman–Crippen LogP) is 1.22. The van der Waals surface area contributed by atoms with E-state index >= 15 is 0 Å². The van der Waals surface area contributed by atoms with E-state index < -0.39 is 6.10 Å². The van der Waals surface area contributed by atoms with Gasteiger partial charge in [-0.2, -0.15) is 0 Å². The molecule has 1 aliphatic rings. The van der Waals surface area contributed by atoms with Crippen LogP contribution in [-0.2, 0) is 0 Å². The number of aliphatic hydroxyl groups excluding tert-OH is 1. The quantitative estimate of drug-likeness (QED) is 0.600. The van der Waals surface area contributed by atoms with Crippen molar-refractivity contribution in [2.45, 2.75) is 13.0 Å². The van der Waals surface area contributed by atoms with Gasteiger partial charge in [0.1, 0.15) is 6.10 Å². The number of aliphatic hydroxyl groups is 1.